The fraction of sp³-hybridized carbons (Fsp3) is 0.259. The summed E-state index contributed by atoms with van der Waals surface area (Å²) in [4.78, 5) is 34.7. The Kier molecular flexibility index (Phi) is 7.49. The van der Waals surface area contributed by atoms with Gasteiger partial charge in [-0.1, -0.05) is 41.7 Å². The van der Waals surface area contributed by atoms with Crippen LogP contribution in [0, 0.1) is 0 Å². The van der Waals surface area contributed by atoms with Gasteiger partial charge in [-0.3, -0.25) is 9.59 Å². The minimum absolute atomic E-state index is 0.0905. The molecule has 1 aliphatic heterocycles. The molecule has 0 unspecified atom stereocenters. The van der Waals surface area contributed by atoms with Gasteiger partial charge in [-0.2, -0.15) is 0 Å². The van der Waals surface area contributed by atoms with Crippen LogP contribution in [0.2, 0.25) is 0 Å². The normalized spacial score (nSPS) is 13.9. The van der Waals surface area contributed by atoms with Gasteiger partial charge in [0.2, 0.25) is 11.8 Å². The molecule has 9 heteroatoms. The molecule has 5 rings (SSSR count). The molecular weight excluding hydrogens is 476 g/mol. The van der Waals surface area contributed by atoms with Gasteiger partial charge < -0.3 is 20.1 Å². The van der Waals surface area contributed by atoms with E-state index in [2.05, 4.69) is 20.6 Å². The number of fused-ring (bicyclic) bond motifs is 1. The van der Waals surface area contributed by atoms with Crippen molar-refractivity contribution in [2.24, 2.45) is 0 Å². The molecular formula is C27H26N4O4S. The van der Waals surface area contributed by atoms with E-state index in [-0.39, 0.29) is 30.9 Å². The van der Waals surface area contributed by atoms with Crippen molar-refractivity contribution < 1.29 is 19.1 Å². The van der Waals surface area contributed by atoms with Crippen LogP contribution in [0.4, 0.5) is 5.69 Å². The summed E-state index contributed by atoms with van der Waals surface area (Å²) in [5.41, 5.74) is 3.28. The monoisotopic (exact) mass is 502 g/mol. The number of amides is 2. The molecule has 4 aromatic rings. The number of hydrogen-bond acceptors (Lipinski definition) is 7. The highest BCUT2D eigenvalue weighted by atomic mass is 32.1. The smallest absolute Gasteiger partial charge is 0.243 e. The summed E-state index contributed by atoms with van der Waals surface area (Å²) < 4.78 is 11.3. The van der Waals surface area contributed by atoms with Crippen LogP contribution in [-0.2, 0) is 20.7 Å². The predicted molar refractivity (Wildman–Crippen MR) is 139 cm³/mol. The van der Waals surface area contributed by atoms with Gasteiger partial charge in [0.1, 0.15) is 27.2 Å². The van der Waals surface area contributed by atoms with Crippen LogP contribution in [-0.4, -0.2) is 47.6 Å². The SMILES string of the molecule is O=C(Cc1nc2ccc(-c3ccccc3)nc2s1)NCC(=O)Nc1ccc(OC2CCOCC2)cc1. The first kappa shape index (κ1) is 23.9. The Labute approximate surface area is 212 Å². The number of aromatic nitrogens is 2. The van der Waals surface area contributed by atoms with Crippen LogP contribution in [0.1, 0.15) is 17.8 Å². The number of carbonyl (C=O) groups excluding carboxylic acids is 2. The highest BCUT2D eigenvalue weighted by molar-refractivity contribution is 7.18. The van der Waals surface area contributed by atoms with Gasteiger partial charge in [0.15, 0.2) is 0 Å². The summed E-state index contributed by atoms with van der Waals surface area (Å²) in [5, 5.41) is 6.09. The van der Waals surface area contributed by atoms with Gasteiger partial charge in [0.05, 0.1) is 31.9 Å². The quantitative estimate of drug-likeness (QED) is 0.374. The van der Waals surface area contributed by atoms with Gasteiger partial charge in [0, 0.05) is 24.1 Å². The molecule has 1 saturated heterocycles. The number of benzene rings is 2. The molecule has 36 heavy (non-hydrogen) atoms. The van der Waals surface area contributed by atoms with Crippen molar-refractivity contribution in [2.75, 3.05) is 25.1 Å². The second-order valence-electron chi connectivity index (χ2n) is 8.45. The van der Waals surface area contributed by atoms with E-state index in [0.29, 0.717) is 10.7 Å². The van der Waals surface area contributed by atoms with Gasteiger partial charge >= 0.3 is 0 Å². The first-order valence-corrected chi connectivity index (χ1v) is 12.7. The van der Waals surface area contributed by atoms with Crippen molar-refractivity contribution in [3.63, 3.8) is 0 Å². The predicted octanol–water partition coefficient (Wildman–Crippen LogP) is 4.21. The van der Waals surface area contributed by atoms with Crippen LogP contribution < -0.4 is 15.4 Å². The highest BCUT2D eigenvalue weighted by Gasteiger charge is 2.15. The Morgan fingerprint density at radius 2 is 1.72 bits per heavy atom. The van der Waals surface area contributed by atoms with Crippen molar-refractivity contribution >= 4 is 39.2 Å². The van der Waals surface area contributed by atoms with Crippen LogP contribution in [0.15, 0.2) is 66.7 Å². The summed E-state index contributed by atoms with van der Waals surface area (Å²) >= 11 is 1.38. The molecule has 0 aliphatic carbocycles. The fourth-order valence-corrected chi connectivity index (χ4v) is 4.83. The summed E-state index contributed by atoms with van der Waals surface area (Å²) in [7, 11) is 0. The molecule has 2 amide bonds. The lowest BCUT2D eigenvalue weighted by molar-refractivity contribution is -0.123. The van der Waals surface area contributed by atoms with Crippen LogP contribution in [0.25, 0.3) is 21.6 Å². The number of rotatable bonds is 8. The Morgan fingerprint density at radius 1 is 0.944 bits per heavy atom. The van der Waals surface area contributed by atoms with Gasteiger partial charge in [-0.05, 0) is 36.4 Å². The molecule has 0 atom stereocenters. The maximum absolute atomic E-state index is 12.4. The van der Waals surface area contributed by atoms with Gasteiger partial charge in [0.25, 0.3) is 0 Å². The van der Waals surface area contributed by atoms with Crippen molar-refractivity contribution in [3.05, 3.63) is 71.7 Å². The van der Waals surface area contributed by atoms with Crippen molar-refractivity contribution in [3.8, 4) is 17.0 Å². The maximum atomic E-state index is 12.4. The lowest BCUT2D eigenvalue weighted by Crippen LogP contribution is -2.33. The standard InChI is InChI=1S/C27H26N4O4S/c32-24(16-26-30-23-11-10-22(31-27(23)36-26)18-4-2-1-3-5-18)28-17-25(33)29-19-6-8-20(9-7-19)35-21-12-14-34-15-13-21/h1-11,21H,12-17H2,(H,28,32)(H,29,33). The van der Waals surface area contributed by atoms with Gasteiger partial charge in [-0.15, -0.1) is 0 Å². The van der Waals surface area contributed by atoms with Crippen molar-refractivity contribution in [1.29, 1.82) is 0 Å². The molecule has 1 fully saturated rings. The van der Waals surface area contributed by atoms with E-state index in [1.54, 1.807) is 12.1 Å². The summed E-state index contributed by atoms with van der Waals surface area (Å²) in [6, 6.07) is 21.0. The van der Waals surface area contributed by atoms with E-state index >= 15 is 0 Å². The molecule has 0 bridgehead atoms. The molecule has 3 heterocycles. The first-order chi connectivity index (χ1) is 17.6. The third-order valence-electron chi connectivity index (χ3n) is 5.74. The second-order valence-corrected chi connectivity index (χ2v) is 9.51. The molecule has 1 aliphatic rings. The minimum atomic E-state index is -0.306. The Morgan fingerprint density at radius 3 is 2.50 bits per heavy atom. The molecule has 2 aromatic heterocycles. The fourth-order valence-electron chi connectivity index (χ4n) is 3.89. The van der Waals surface area contributed by atoms with E-state index in [0.717, 1.165) is 53.4 Å². The van der Waals surface area contributed by atoms with Crippen LogP contribution in [0.3, 0.4) is 0 Å². The average molecular weight is 503 g/mol. The van der Waals surface area contributed by atoms with Crippen molar-refractivity contribution in [1.82, 2.24) is 15.3 Å². The van der Waals surface area contributed by atoms with Crippen LogP contribution >= 0.6 is 11.3 Å². The number of hydrogen-bond donors (Lipinski definition) is 2. The lowest BCUT2D eigenvalue weighted by atomic mass is 10.1. The van der Waals surface area contributed by atoms with Crippen LogP contribution in [0.5, 0.6) is 5.75 Å². The van der Waals surface area contributed by atoms with E-state index in [9.17, 15) is 9.59 Å². The molecule has 2 aromatic carbocycles. The highest BCUT2D eigenvalue weighted by Crippen LogP contribution is 2.25. The first-order valence-electron chi connectivity index (χ1n) is 11.9. The van der Waals surface area contributed by atoms with E-state index in [1.807, 2.05) is 54.6 Å². The number of nitrogens with one attached hydrogen (secondary N) is 2. The number of ether oxygens (including phenoxy) is 2. The average Bonchev–Trinajstić information content (AvgIpc) is 3.31. The van der Waals surface area contributed by atoms with Crippen molar-refractivity contribution in [2.45, 2.75) is 25.4 Å². The molecule has 8 nitrogen and oxygen atoms in total. The third kappa shape index (κ3) is 6.24. The molecule has 0 spiro atoms. The zero-order valence-electron chi connectivity index (χ0n) is 19.6. The maximum Gasteiger partial charge on any atom is 0.243 e. The number of carbonyl (C=O) groups is 2. The topological polar surface area (TPSA) is 102 Å². The molecule has 184 valence electrons. The zero-order chi connectivity index (χ0) is 24.7. The second kappa shape index (κ2) is 11.3. The van der Waals surface area contributed by atoms with E-state index < -0.39 is 0 Å². The largest absolute Gasteiger partial charge is 0.490 e. The number of anilines is 1. The van der Waals surface area contributed by atoms with E-state index in [4.69, 9.17) is 9.47 Å². The summed E-state index contributed by atoms with van der Waals surface area (Å²) in [6.45, 7) is 1.31. The molecule has 0 radical (unpaired) electrons. The van der Waals surface area contributed by atoms with Gasteiger partial charge in [-0.25, -0.2) is 9.97 Å². The lowest BCUT2D eigenvalue weighted by Gasteiger charge is -2.23. The molecule has 2 N–H and O–H groups in total. The van der Waals surface area contributed by atoms with E-state index in [1.165, 1.54) is 11.3 Å². The third-order valence-corrected chi connectivity index (χ3v) is 6.70. The minimum Gasteiger partial charge on any atom is -0.490 e. The summed E-state index contributed by atoms with van der Waals surface area (Å²) in [6.07, 6.45) is 2.00. The Balaban J connectivity index is 1.10. The zero-order valence-corrected chi connectivity index (χ0v) is 20.4. The Hall–Kier alpha value is -3.82. The molecule has 0 saturated carbocycles. The number of pyridine rings is 1. The number of thiazole rings is 1. The summed E-state index contributed by atoms with van der Waals surface area (Å²) in [5.74, 6) is 0.182. The number of nitrogens with zero attached hydrogens (tertiary/aromatic N) is 2. The Bertz CT molecular complexity index is 1340.